The first-order valence-corrected chi connectivity index (χ1v) is 11.5. The smallest absolute Gasteiger partial charge is 0.260 e. The predicted octanol–water partition coefficient (Wildman–Crippen LogP) is 3.24. The van der Waals surface area contributed by atoms with Crippen molar-refractivity contribution in [2.75, 3.05) is 62.5 Å². The van der Waals surface area contributed by atoms with Crippen LogP contribution in [0.5, 0.6) is 5.75 Å². The monoisotopic (exact) mass is 472 g/mol. The molecule has 0 radical (unpaired) electrons. The van der Waals surface area contributed by atoms with Crippen LogP contribution in [0.3, 0.4) is 0 Å². The van der Waals surface area contributed by atoms with E-state index in [1.807, 2.05) is 47.2 Å². The van der Waals surface area contributed by atoms with E-state index in [4.69, 9.17) is 4.74 Å². The normalized spacial score (nSPS) is 15.3. The van der Waals surface area contributed by atoms with E-state index < -0.39 is 0 Å². The van der Waals surface area contributed by atoms with Crippen LogP contribution in [0.4, 0.5) is 28.6 Å². The number of hydrogen-bond acceptors (Lipinski definition) is 7. The SMILES string of the molecule is COc1ccc(C(=O)N2CCNCC2)cc1Nc1cc2c(cn1)N(C)C(=O)c1ccccc1N2C. The largest absolute Gasteiger partial charge is 0.495 e. The number of nitrogens with one attached hydrogen (secondary N) is 2. The summed E-state index contributed by atoms with van der Waals surface area (Å²) in [5.74, 6) is 1.07. The maximum atomic E-state index is 13.0. The second-order valence-electron chi connectivity index (χ2n) is 8.58. The van der Waals surface area contributed by atoms with Crippen molar-refractivity contribution < 1.29 is 14.3 Å². The number of para-hydroxylation sites is 1. The Morgan fingerprint density at radius 2 is 1.77 bits per heavy atom. The van der Waals surface area contributed by atoms with Crippen LogP contribution < -0.4 is 25.2 Å². The number of anilines is 5. The number of aromatic nitrogens is 1. The molecule has 0 unspecified atom stereocenters. The van der Waals surface area contributed by atoms with Gasteiger partial charge in [-0.25, -0.2) is 4.98 Å². The molecule has 2 aromatic carbocycles. The first-order chi connectivity index (χ1) is 17.0. The first kappa shape index (κ1) is 22.7. The van der Waals surface area contributed by atoms with Crippen LogP contribution >= 0.6 is 0 Å². The predicted molar refractivity (Wildman–Crippen MR) is 137 cm³/mol. The third-order valence-electron chi connectivity index (χ3n) is 6.50. The van der Waals surface area contributed by atoms with E-state index in [1.54, 1.807) is 43.5 Å². The highest BCUT2D eigenvalue weighted by atomic mass is 16.5. The molecule has 9 heteroatoms. The van der Waals surface area contributed by atoms with Gasteiger partial charge in [-0.05, 0) is 30.3 Å². The maximum Gasteiger partial charge on any atom is 0.260 e. The van der Waals surface area contributed by atoms with Gasteiger partial charge in [-0.2, -0.15) is 0 Å². The number of rotatable bonds is 4. The maximum absolute atomic E-state index is 13.0. The van der Waals surface area contributed by atoms with Crippen molar-refractivity contribution in [3.05, 3.63) is 65.9 Å². The van der Waals surface area contributed by atoms with Crippen molar-refractivity contribution >= 4 is 40.4 Å². The third kappa shape index (κ3) is 4.15. The summed E-state index contributed by atoms with van der Waals surface area (Å²) in [6.45, 7) is 2.94. The molecular weight excluding hydrogens is 444 g/mol. The highest BCUT2D eigenvalue weighted by Crippen LogP contribution is 2.40. The van der Waals surface area contributed by atoms with Gasteiger partial charge in [-0.3, -0.25) is 9.59 Å². The van der Waals surface area contributed by atoms with Crippen LogP contribution in [0.25, 0.3) is 0 Å². The van der Waals surface area contributed by atoms with Crippen LogP contribution in [-0.2, 0) is 0 Å². The average molecular weight is 473 g/mol. The lowest BCUT2D eigenvalue weighted by molar-refractivity contribution is 0.0735. The number of carbonyl (C=O) groups is 2. The number of pyridine rings is 1. The fourth-order valence-corrected chi connectivity index (χ4v) is 4.53. The molecule has 5 rings (SSSR count). The topological polar surface area (TPSA) is 90.0 Å². The van der Waals surface area contributed by atoms with E-state index in [-0.39, 0.29) is 11.8 Å². The van der Waals surface area contributed by atoms with E-state index in [2.05, 4.69) is 15.6 Å². The van der Waals surface area contributed by atoms with Gasteiger partial charge in [0.15, 0.2) is 0 Å². The summed E-state index contributed by atoms with van der Waals surface area (Å²) in [5.41, 5.74) is 4.21. The molecule has 180 valence electrons. The summed E-state index contributed by atoms with van der Waals surface area (Å²) in [4.78, 5) is 36.1. The second-order valence-corrected chi connectivity index (χ2v) is 8.58. The molecule has 3 heterocycles. The van der Waals surface area contributed by atoms with Crippen molar-refractivity contribution in [3.63, 3.8) is 0 Å². The van der Waals surface area contributed by atoms with Gasteiger partial charge in [-0.15, -0.1) is 0 Å². The molecule has 3 aromatic rings. The summed E-state index contributed by atoms with van der Waals surface area (Å²) >= 11 is 0. The molecule has 35 heavy (non-hydrogen) atoms. The molecule has 0 aliphatic carbocycles. The average Bonchev–Trinajstić information content (AvgIpc) is 2.98. The van der Waals surface area contributed by atoms with Gasteiger partial charge >= 0.3 is 0 Å². The van der Waals surface area contributed by atoms with Crippen molar-refractivity contribution in [3.8, 4) is 5.75 Å². The Morgan fingerprint density at radius 3 is 2.54 bits per heavy atom. The minimum atomic E-state index is -0.0884. The summed E-state index contributed by atoms with van der Waals surface area (Å²) in [5, 5.41) is 6.58. The lowest BCUT2D eigenvalue weighted by Gasteiger charge is -2.27. The number of amides is 2. The third-order valence-corrected chi connectivity index (χ3v) is 6.50. The Labute approximate surface area is 204 Å². The van der Waals surface area contributed by atoms with E-state index in [0.29, 0.717) is 47.2 Å². The van der Waals surface area contributed by atoms with E-state index in [1.165, 1.54) is 0 Å². The van der Waals surface area contributed by atoms with Crippen LogP contribution in [0.2, 0.25) is 0 Å². The van der Waals surface area contributed by atoms with Crippen molar-refractivity contribution in [2.45, 2.75) is 0 Å². The number of fused-ring (bicyclic) bond motifs is 2. The van der Waals surface area contributed by atoms with E-state index in [9.17, 15) is 9.59 Å². The quantitative estimate of drug-likeness (QED) is 0.603. The van der Waals surface area contributed by atoms with Gasteiger partial charge in [0.05, 0.1) is 41.6 Å². The second kappa shape index (κ2) is 9.27. The molecule has 1 aromatic heterocycles. The Morgan fingerprint density at radius 1 is 1.00 bits per heavy atom. The Bertz CT molecular complexity index is 1290. The zero-order chi connectivity index (χ0) is 24.5. The molecular formula is C26H28N6O3. The van der Waals surface area contributed by atoms with Gasteiger partial charge in [-0.1, -0.05) is 12.1 Å². The molecule has 1 saturated heterocycles. The summed E-state index contributed by atoms with van der Waals surface area (Å²) < 4.78 is 5.54. The number of benzene rings is 2. The molecule has 2 N–H and O–H groups in total. The number of hydrogen-bond donors (Lipinski definition) is 2. The minimum Gasteiger partial charge on any atom is -0.495 e. The standard InChI is InChI=1S/C26H28N6O3/c1-30-20-7-5-4-6-18(20)26(34)31(2)22-16-28-24(15-21(22)30)29-19-14-17(8-9-23(19)35-3)25(33)32-12-10-27-11-13-32/h4-9,14-16,27H,10-13H2,1-3H3,(H,28,29). The Kier molecular flexibility index (Phi) is 6.00. The number of carbonyl (C=O) groups excluding carboxylic acids is 2. The van der Waals surface area contributed by atoms with Crippen LogP contribution in [0, 0.1) is 0 Å². The molecule has 2 amide bonds. The fraction of sp³-hybridized carbons (Fsp3) is 0.269. The fourth-order valence-electron chi connectivity index (χ4n) is 4.53. The highest BCUT2D eigenvalue weighted by molar-refractivity contribution is 6.13. The molecule has 9 nitrogen and oxygen atoms in total. The van der Waals surface area contributed by atoms with Gasteiger partial charge in [0.25, 0.3) is 11.8 Å². The zero-order valence-electron chi connectivity index (χ0n) is 20.0. The van der Waals surface area contributed by atoms with Crippen LogP contribution in [0.1, 0.15) is 20.7 Å². The molecule has 2 aliphatic heterocycles. The van der Waals surface area contributed by atoms with Gasteiger partial charge in [0.2, 0.25) is 0 Å². The Balaban J connectivity index is 1.49. The summed E-state index contributed by atoms with van der Waals surface area (Å²) in [7, 11) is 5.27. The highest BCUT2D eigenvalue weighted by Gasteiger charge is 2.28. The van der Waals surface area contributed by atoms with Crippen LogP contribution in [-0.4, -0.2) is 69.1 Å². The van der Waals surface area contributed by atoms with Gasteiger partial charge < -0.3 is 30.1 Å². The van der Waals surface area contributed by atoms with Gasteiger partial charge in [0.1, 0.15) is 11.6 Å². The number of nitrogens with zero attached hydrogens (tertiary/aromatic N) is 4. The number of piperazine rings is 1. The Hall–Kier alpha value is -4.11. The van der Waals surface area contributed by atoms with Crippen molar-refractivity contribution in [1.29, 1.82) is 0 Å². The molecule has 2 aliphatic rings. The molecule has 0 saturated carbocycles. The lowest BCUT2D eigenvalue weighted by atomic mass is 10.1. The molecule has 0 spiro atoms. The van der Waals surface area contributed by atoms with Crippen molar-refractivity contribution in [1.82, 2.24) is 15.2 Å². The molecule has 1 fully saturated rings. The first-order valence-electron chi connectivity index (χ1n) is 11.5. The molecule has 0 atom stereocenters. The summed E-state index contributed by atoms with van der Waals surface area (Å²) in [6.07, 6.45) is 1.68. The minimum absolute atomic E-state index is 0.0106. The lowest BCUT2D eigenvalue weighted by Crippen LogP contribution is -2.46. The van der Waals surface area contributed by atoms with E-state index in [0.717, 1.165) is 24.5 Å². The van der Waals surface area contributed by atoms with Crippen molar-refractivity contribution in [2.24, 2.45) is 0 Å². The zero-order valence-corrected chi connectivity index (χ0v) is 20.0. The number of methoxy groups -OCH3 is 1. The van der Waals surface area contributed by atoms with E-state index >= 15 is 0 Å². The van der Waals surface area contributed by atoms with Gasteiger partial charge in [0, 0.05) is 51.9 Å². The summed E-state index contributed by atoms with van der Waals surface area (Å²) in [6, 6.07) is 14.8. The number of ether oxygens (including phenoxy) is 1. The van der Waals surface area contributed by atoms with Crippen LogP contribution in [0.15, 0.2) is 54.7 Å². The molecule has 0 bridgehead atoms.